The van der Waals surface area contributed by atoms with E-state index in [2.05, 4.69) is 4.74 Å². The Labute approximate surface area is 127 Å². The zero-order valence-corrected chi connectivity index (χ0v) is 12.1. The lowest BCUT2D eigenvalue weighted by molar-refractivity contribution is -0.139. The minimum atomic E-state index is -0.753. The lowest BCUT2D eigenvalue weighted by Crippen LogP contribution is -2.16. The first-order valence-electron chi connectivity index (χ1n) is 6.51. The largest absolute Gasteiger partial charge is 0.463 e. The number of carbonyl (C=O) groups is 2. The van der Waals surface area contributed by atoms with Gasteiger partial charge in [-0.25, -0.2) is 9.59 Å². The average Bonchev–Trinajstić information content (AvgIpc) is 2.54. The van der Waals surface area contributed by atoms with Crippen molar-refractivity contribution in [3.63, 3.8) is 0 Å². The van der Waals surface area contributed by atoms with Gasteiger partial charge in [0.05, 0.1) is 13.7 Å². The van der Waals surface area contributed by atoms with Crippen molar-refractivity contribution in [3.05, 3.63) is 47.2 Å². The van der Waals surface area contributed by atoms with E-state index in [1.54, 1.807) is 31.2 Å². The number of hydrogen-bond acceptors (Lipinski definition) is 6. The molecule has 0 N–H and O–H groups in total. The Morgan fingerprint density at radius 2 is 2.05 bits per heavy atom. The Kier molecular flexibility index (Phi) is 4.59. The van der Waals surface area contributed by atoms with Crippen LogP contribution in [-0.4, -0.2) is 25.7 Å². The van der Waals surface area contributed by atoms with Gasteiger partial charge in [-0.05, 0) is 19.1 Å². The van der Waals surface area contributed by atoms with Gasteiger partial charge in [-0.1, -0.05) is 18.2 Å². The molecule has 1 aliphatic rings. The molecule has 0 unspecified atom stereocenters. The van der Waals surface area contributed by atoms with Crippen LogP contribution in [0, 0.1) is 11.3 Å². The fourth-order valence-corrected chi connectivity index (χ4v) is 1.96. The second-order valence-corrected chi connectivity index (χ2v) is 4.22. The highest BCUT2D eigenvalue weighted by Gasteiger charge is 2.26. The van der Waals surface area contributed by atoms with Crippen molar-refractivity contribution in [1.82, 2.24) is 0 Å². The summed E-state index contributed by atoms with van der Waals surface area (Å²) in [7, 11) is 1.22. The molecular formula is C16H13NO5. The van der Waals surface area contributed by atoms with Crippen molar-refractivity contribution >= 4 is 17.5 Å². The Bertz CT molecular complexity index is 724. The summed E-state index contributed by atoms with van der Waals surface area (Å²) in [5.41, 5.74) is 0.599. The van der Waals surface area contributed by atoms with Gasteiger partial charge in [0.15, 0.2) is 0 Å². The van der Waals surface area contributed by atoms with Crippen molar-refractivity contribution in [2.75, 3.05) is 13.7 Å². The first-order chi connectivity index (χ1) is 10.6. The van der Waals surface area contributed by atoms with Crippen LogP contribution in [0.25, 0.3) is 5.57 Å². The number of rotatable bonds is 3. The molecule has 0 saturated heterocycles. The van der Waals surface area contributed by atoms with Gasteiger partial charge in [-0.3, -0.25) is 0 Å². The number of nitriles is 1. The molecule has 112 valence electrons. The van der Waals surface area contributed by atoms with Crippen LogP contribution < -0.4 is 4.74 Å². The normalized spacial score (nSPS) is 14.7. The van der Waals surface area contributed by atoms with Crippen LogP contribution in [0.3, 0.4) is 0 Å². The molecule has 0 saturated carbocycles. The smallest absolute Gasteiger partial charge is 0.373 e. The molecule has 2 rings (SSSR count). The lowest BCUT2D eigenvalue weighted by Gasteiger charge is -2.19. The minimum Gasteiger partial charge on any atom is -0.463 e. The van der Waals surface area contributed by atoms with Gasteiger partial charge < -0.3 is 14.2 Å². The summed E-state index contributed by atoms with van der Waals surface area (Å²) in [4.78, 5) is 23.6. The maximum absolute atomic E-state index is 11.9. The van der Waals surface area contributed by atoms with Gasteiger partial charge in [0.1, 0.15) is 17.4 Å². The van der Waals surface area contributed by atoms with Crippen molar-refractivity contribution in [3.8, 4) is 11.8 Å². The number of fused-ring (bicyclic) bond motifs is 1. The topological polar surface area (TPSA) is 85.6 Å². The molecule has 0 bridgehead atoms. The quantitative estimate of drug-likeness (QED) is 0.482. The van der Waals surface area contributed by atoms with Crippen LogP contribution >= 0.6 is 0 Å². The van der Waals surface area contributed by atoms with E-state index in [1.165, 1.54) is 13.2 Å². The minimum absolute atomic E-state index is 0.103. The number of ether oxygens (including phenoxy) is 3. The molecule has 0 radical (unpaired) electrons. The molecule has 1 heterocycles. The number of methoxy groups -OCH3 is 1. The van der Waals surface area contributed by atoms with Crippen molar-refractivity contribution in [2.45, 2.75) is 6.92 Å². The second-order valence-electron chi connectivity index (χ2n) is 4.22. The molecule has 6 heteroatoms. The number of para-hydroxylation sites is 1. The van der Waals surface area contributed by atoms with Gasteiger partial charge in [0.25, 0.3) is 0 Å². The molecule has 0 aromatic heterocycles. The Balaban J connectivity index is 2.65. The third kappa shape index (κ3) is 2.83. The predicted molar refractivity (Wildman–Crippen MR) is 76.3 cm³/mol. The zero-order valence-electron chi connectivity index (χ0n) is 12.1. The van der Waals surface area contributed by atoms with E-state index in [0.717, 1.165) is 0 Å². The maximum atomic E-state index is 11.9. The molecule has 1 aliphatic heterocycles. The summed E-state index contributed by atoms with van der Waals surface area (Å²) in [5.74, 6) is -1.20. The molecular weight excluding hydrogens is 286 g/mol. The van der Waals surface area contributed by atoms with E-state index < -0.39 is 11.9 Å². The van der Waals surface area contributed by atoms with Gasteiger partial charge in [0, 0.05) is 11.1 Å². The summed E-state index contributed by atoms with van der Waals surface area (Å²) >= 11 is 0. The molecule has 6 nitrogen and oxygen atoms in total. The summed E-state index contributed by atoms with van der Waals surface area (Å²) in [5, 5.41) is 9.29. The fourth-order valence-electron chi connectivity index (χ4n) is 1.96. The number of hydrogen-bond donors (Lipinski definition) is 0. The van der Waals surface area contributed by atoms with Crippen molar-refractivity contribution in [1.29, 1.82) is 5.26 Å². The van der Waals surface area contributed by atoms with Crippen LogP contribution in [0.2, 0.25) is 0 Å². The van der Waals surface area contributed by atoms with Gasteiger partial charge >= 0.3 is 11.9 Å². The van der Waals surface area contributed by atoms with Crippen molar-refractivity contribution < 1.29 is 23.8 Å². The van der Waals surface area contributed by atoms with E-state index in [4.69, 9.17) is 9.47 Å². The van der Waals surface area contributed by atoms with Crippen LogP contribution in [0.4, 0.5) is 0 Å². The zero-order chi connectivity index (χ0) is 16.1. The Hall–Kier alpha value is -3.07. The summed E-state index contributed by atoms with van der Waals surface area (Å²) in [6.45, 7) is 1.79. The van der Waals surface area contributed by atoms with E-state index in [1.807, 2.05) is 6.07 Å². The van der Waals surface area contributed by atoms with Gasteiger partial charge in [-0.2, -0.15) is 5.26 Å². The Morgan fingerprint density at radius 1 is 1.32 bits per heavy atom. The highest BCUT2D eigenvalue weighted by Crippen LogP contribution is 2.35. The highest BCUT2D eigenvalue weighted by atomic mass is 16.6. The van der Waals surface area contributed by atoms with Crippen LogP contribution in [0.1, 0.15) is 12.5 Å². The van der Waals surface area contributed by atoms with E-state index in [-0.39, 0.29) is 23.5 Å². The van der Waals surface area contributed by atoms with E-state index in [9.17, 15) is 14.9 Å². The number of carbonyl (C=O) groups excluding carboxylic acids is 2. The lowest BCUT2D eigenvalue weighted by atomic mass is 9.97. The first kappa shape index (κ1) is 15.3. The van der Waals surface area contributed by atoms with Crippen LogP contribution in [0.5, 0.6) is 5.75 Å². The maximum Gasteiger partial charge on any atom is 0.373 e. The molecule has 22 heavy (non-hydrogen) atoms. The highest BCUT2D eigenvalue weighted by molar-refractivity contribution is 6.06. The predicted octanol–water partition coefficient (Wildman–Crippen LogP) is 1.98. The number of esters is 2. The molecule has 0 atom stereocenters. The van der Waals surface area contributed by atoms with Crippen LogP contribution in [0.15, 0.2) is 41.7 Å². The molecule has 0 aliphatic carbocycles. The first-order valence-corrected chi connectivity index (χ1v) is 6.51. The molecule has 0 spiro atoms. The third-order valence-corrected chi connectivity index (χ3v) is 2.92. The third-order valence-electron chi connectivity index (χ3n) is 2.92. The van der Waals surface area contributed by atoms with E-state index in [0.29, 0.717) is 11.3 Å². The average molecular weight is 299 g/mol. The standard InChI is InChI=1S/C16H13NO5/c1-3-21-15(18)12(9-17)11-8-14(16(19)20-2)22-13-7-5-4-6-10(11)13/h4-8H,3H2,1-2H3. The molecule has 1 aromatic carbocycles. The molecule has 0 fully saturated rings. The fraction of sp³-hybridized carbons (Fsp3) is 0.188. The molecule has 0 amide bonds. The summed E-state index contributed by atoms with van der Waals surface area (Å²) in [6, 6.07) is 8.60. The number of benzene rings is 1. The summed E-state index contributed by atoms with van der Waals surface area (Å²) < 4.78 is 14.9. The Morgan fingerprint density at radius 3 is 2.68 bits per heavy atom. The van der Waals surface area contributed by atoms with Gasteiger partial charge in [-0.15, -0.1) is 0 Å². The van der Waals surface area contributed by atoms with E-state index >= 15 is 0 Å². The van der Waals surface area contributed by atoms with Crippen LogP contribution in [-0.2, 0) is 19.1 Å². The van der Waals surface area contributed by atoms with Gasteiger partial charge in [0.2, 0.25) is 5.76 Å². The van der Waals surface area contributed by atoms with Crippen molar-refractivity contribution in [2.24, 2.45) is 0 Å². The molecule has 1 aromatic rings. The number of nitrogens with zero attached hydrogens (tertiary/aromatic N) is 1. The SMILES string of the molecule is CCOC(=O)C(C#N)=C1C=C(C(=O)OC)Oc2ccccc21. The summed E-state index contributed by atoms with van der Waals surface area (Å²) in [6.07, 6.45) is 1.31. The second kappa shape index (κ2) is 6.59. The monoisotopic (exact) mass is 299 g/mol. The number of allylic oxidation sites excluding steroid dienone is 2.